The smallest absolute Gasteiger partial charge is 0.306 e. The molecule has 1 atom stereocenters. The highest BCUT2D eigenvalue weighted by atomic mass is 19.1. The number of carboxylic acid groups (broad SMARTS) is 1. The highest BCUT2D eigenvalue weighted by Crippen LogP contribution is 2.20. The standard InChI is InChI=1S/C12H14FNO4.C3H8/c1-7(12(17)18)2-5-11(16)14-10-6-8(15)3-4-9(10)13;1-3-2/h3-4,6-7,15H,2,5H2,1H3,(H,14,16)(H,17,18);3H2,1-2H3. The maximum Gasteiger partial charge on any atom is 0.306 e. The zero-order valence-electron chi connectivity index (χ0n) is 12.5. The summed E-state index contributed by atoms with van der Waals surface area (Å²) in [7, 11) is 0. The number of aromatic hydroxyl groups is 1. The summed E-state index contributed by atoms with van der Waals surface area (Å²) < 4.78 is 13.2. The van der Waals surface area contributed by atoms with E-state index in [1.54, 1.807) is 0 Å². The molecule has 0 saturated carbocycles. The number of aliphatic carboxylic acids is 1. The SMILES string of the molecule is CC(CCC(=O)Nc1cc(O)ccc1F)C(=O)O.CCC. The summed E-state index contributed by atoms with van der Waals surface area (Å²) >= 11 is 0. The number of nitrogens with one attached hydrogen (secondary N) is 1. The Labute approximate surface area is 123 Å². The van der Waals surface area contributed by atoms with Crippen molar-refractivity contribution < 1.29 is 24.2 Å². The Morgan fingerprint density at radius 2 is 1.90 bits per heavy atom. The Balaban J connectivity index is 0.00000122. The van der Waals surface area contributed by atoms with Gasteiger partial charge in [0.25, 0.3) is 0 Å². The van der Waals surface area contributed by atoms with Crippen LogP contribution >= 0.6 is 0 Å². The van der Waals surface area contributed by atoms with Crippen molar-refractivity contribution in [3.8, 4) is 5.75 Å². The molecule has 3 N–H and O–H groups in total. The summed E-state index contributed by atoms with van der Waals surface area (Å²) in [6.07, 6.45) is 1.39. The van der Waals surface area contributed by atoms with Crippen LogP contribution in [0.1, 0.15) is 40.0 Å². The molecule has 1 aromatic rings. The van der Waals surface area contributed by atoms with Crippen LogP contribution in [0.4, 0.5) is 10.1 Å². The topological polar surface area (TPSA) is 86.6 Å². The van der Waals surface area contributed by atoms with Gasteiger partial charge >= 0.3 is 5.97 Å². The number of benzene rings is 1. The Bertz CT molecular complexity index is 477. The predicted octanol–water partition coefficient (Wildman–Crippen LogP) is 3.39. The van der Waals surface area contributed by atoms with E-state index >= 15 is 0 Å². The molecule has 0 aliphatic carbocycles. The van der Waals surface area contributed by atoms with Crippen LogP contribution in [-0.4, -0.2) is 22.1 Å². The number of anilines is 1. The van der Waals surface area contributed by atoms with Gasteiger partial charge in [0.1, 0.15) is 11.6 Å². The molecule has 0 aliphatic heterocycles. The fourth-order valence-electron chi connectivity index (χ4n) is 1.29. The lowest BCUT2D eigenvalue weighted by molar-refractivity contribution is -0.141. The molecule has 0 spiro atoms. The highest BCUT2D eigenvalue weighted by molar-refractivity contribution is 5.91. The van der Waals surface area contributed by atoms with Crippen molar-refractivity contribution in [2.24, 2.45) is 5.92 Å². The second kappa shape index (κ2) is 9.74. The van der Waals surface area contributed by atoms with Crippen LogP contribution in [0.25, 0.3) is 0 Å². The number of phenols is 1. The first-order chi connectivity index (χ1) is 9.81. The molecular weight excluding hydrogens is 277 g/mol. The first-order valence-corrected chi connectivity index (χ1v) is 6.82. The molecule has 1 rings (SSSR count). The minimum absolute atomic E-state index is 0.0252. The first-order valence-electron chi connectivity index (χ1n) is 6.82. The van der Waals surface area contributed by atoms with E-state index in [2.05, 4.69) is 19.2 Å². The van der Waals surface area contributed by atoms with E-state index in [9.17, 15) is 14.0 Å². The number of carboxylic acids is 1. The molecule has 5 nitrogen and oxygen atoms in total. The Kier molecular flexibility index (Phi) is 8.76. The van der Waals surface area contributed by atoms with Crippen molar-refractivity contribution in [3.05, 3.63) is 24.0 Å². The lowest BCUT2D eigenvalue weighted by atomic mass is 10.1. The van der Waals surface area contributed by atoms with Crippen molar-refractivity contribution in [2.45, 2.75) is 40.0 Å². The van der Waals surface area contributed by atoms with Gasteiger partial charge in [0.15, 0.2) is 0 Å². The van der Waals surface area contributed by atoms with Crippen LogP contribution in [0.2, 0.25) is 0 Å². The van der Waals surface area contributed by atoms with Gasteiger partial charge in [-0.05, 0) is 18.6 Å². The lowest BCUT2D eigenvalue weighted by Gasteiger charge is -2.08. The Morgan fingerprint density at radius 1 is 1.33 bits per heavy atom. The summed E-state index contributed by atoms with van der Waals surface area (Å²) in [5.74, 6) is -2.93. The van der Waals surface area contributed by atoms with Crippen LogP contribution < -0.4 is 5.32 Å². The molecule has 0 saturated heterocycles. The second-order valence-corrected chi connectivity index (χ2v) is 4.70. The first kappa shape index (κ1) is 18.9. The average molecular weight is 299 g/mol. The molecule has 21 heavy (non-hydrogen) atoms. The summed E-state index contributed by atoms with van der Waals surface area (Å²) in [6, 6.07) is 3.29. The highest BCUT2D eigenvalue weighted by Gasteiger charge is 2.14. The minimum Gasteiger partial charge on any atom is -0.508 e. The van der Waals surface area contributed by atoms with E-state index in [0.717, 1.165) is 18.2 Å². The lowest BCUT2D eigenvalue weighted by Crippen LogP contribution is -2.16. The van der Waals surface area contributed by atoms with Gasteiger partial charge in [-0.25, -0.2) is 4.39 Å². The third-order valence-electron chi connectivity index (χ3n) is 2.45. The van der Waals surface area contributed by atoms with E-state index in [1.165, 1.54) is 13.3 Å². The largest absolute Gasteiger partial charge is 0.508 e. The van der Waals surface area contributed by atoms with Gasteiger partial charge in [-0.3, -0.25) is 9.59 Å². The normalized spacial score (nSPS) is 11.0. The fraction of sp³-hybridized carbons (Fsp3) is 0.467. The van der Waals surface area contributed by atoms with Crippen molar-refractivity contribution in [2.75, 3.05) is 5.32 Å². The average Bonchev–Trinajstić information content (AvgIpc) is 2.41. The fourth-order valence-corrected chi connectivity index (χ4v) is 1.29. The summed E-state index contributed by atoms with van der Waals surface area (Å²) in [6.45, 7) is 5.74. The van der Waals surface area contributed by atoms with Crippen LogP contribution in [0.3, 0.4) is 0 Å². The molecule has 1 aromatic carbocycles. The summed E-state index contributed by atoms with van der Waals surface area (Å²) in [5, 5.41) is 20.1. The van der Waals surface area contributed by atoms with Gasteiger partial charge in [0, 0.05) is 12.5 Å². The van der Waals surface area contributed by atoms with Gasteiger partial charge in [0.05, 0.1) is 11.6 Å². The Morgan fingerprint density at radius 3 is 2.43 bits per heavy atom. The molecule has 0 fully saturated rings. The second-order valence-electron chi connectivity index (χ2n) is 4.70. The predicted molar refractivity (Wildman–Crippen MR) is 78.7 cm³/mol. The van der Waals surface area contributed by atoms with E-state index in [-0.39, 0.29) is 24.3 Å². The molecule has 0 aliphatic rings. The summed E-state index contributed by atoms with van der Waals surface area (Å²) in [5.41, 5.74) is -0.122. The maximum absolute atomic E-state index is 13.2. The van der Waals surface area contributed by atoms with Gasteiger partial charge in [-0.15, -0.1) is 0 Å². The van der Waals surface area contributed by atoms with Gasteiger partial charge in [-0.2, -0.15) is 0 Å². The third kappa shape index (κ3) is 7.91. The molecule has 0 aromatic heterocycles. The molecule has 118 valence electrons. The number of phenolic OH excluding ortho intramolecular Hbond substituents is 1. The molecule has 0 heterocycles. The van der Waals surface area contributed by atoms with Gasteiger partial charge in [-0.1, -0.05) is 27.2 Å². The molecule has 0 radical (unpaired) electrons. The van der Waals surface area contributed by atoms with Crippen LogP contribution in [-0.2, 0) is 9.59 Å². The Hall–Kier alpha value is -2.11. The zero-order valence-corrected chi connectivity index (χ0v) is 12.5. The van der Waals surface area contributed by atoms with Crippen molar-refractivity contribution in [3.63, 3.8) is 0 Å². The van der Waals surface area contributed by atoms with Crippen molar-refractivity contribution >= 4 is 17.6 Å². The van der Waals surface area contributed by atoms with Crippen LogP contribution in [0.5, 0.6) is 5.75 Å². The number of hydrogen-bond donors (Lipinski definition) is 3. The molecular formula is C15H22FNO4. The van der Waals surface area contributed by atoms with E-state index in [0.29, 0.717) is 0 Å². The van der Waals surface area contributed by atoms with E-state index in [4.69, 9.17) is 10.2 Å². The van der Waals surface area contributed by atoms with Crippen molar-refractivity contribution in [1.82, 2.24) is 0 Å². The van der Waals surface area contributed by atoms with Gasteiger partial charge in [0.2, 0.25) is 5.91 Å². The van der Waals surface area contributed by atoms with Crippen LogP contribution in [0.15, 0.2) is 18.2 Å². The zero-order chi connectivity index (χ0) is 16.4. The number of carbonyl (C=O) groups is 2. The molecule has 1 amide bonds. The van der Waals surface area contributed by atoms with Crippen molar-refractivity contribution in [1.29, 1.82) is 0 Å². The monoisotopic (exact) mass is 299 g/mol. The number of hydrogen-bond acceptors (Lipinski definition) is 3. The number of halogens is 1. The van der Waals surface area contributed by atoms with Crippen LogP contribution in [0, 0.1) is 11.7 Å². The van der Waals surface area contributed by atoms with E-state index < -0.39 is 23.6 Å². The maximum atomic E-state index is 13.2. The quantitative estimate of drug-likeness (QED) is 0.777. The summed E-state index contributed by atoms with van der Waals surface area (Å²) in [4.78, 5) is 22.0. The number of carbonyl (C=O) groups excluding carboxylic acids is 1. The number of amides is 1. The van der Waals surface area contributed by atoms with Gasteiger partial charge < -0.3 is 15.5 Å². The minimum atomic E-state index is -0.980. The van der Waals surface area contributed by atoms with E-state index in [1.807, 2.05) is 0 Å². The number of rotatable bonds is 5. The molecule has 0 bridgehead atoms. The third-order valence-corrected chi connectivity index (χ3v) is 2.45. The molecule has 1 unspecified atom stereocenters. The molecule has 6 heteroatoms.